The lowest BCUT2D eigenvalue weighted by atomic mass is 10.1. The number of piperidine rings is 1. The number of anilines is 3. The number of aliphatic hydroxyl groups is 1. The van der Waals surface area contributed by atoms with Crippen molar-refractivity contribution in [1.82, 2.24) is 15.0 Å². The molecule has 0 aliphatic carbocycles. The maximum absolute atomic E-state index is 11.8. The average Bonchev–Trinajstić information content (AvgIpc) is 3.20. The van der Waals surface area contributed by atoms with E-state index in [4.69, 9.17) is 4.74 Å². The lowest BCUT2D eigenvalue weighted by molar-refractivity contribution is -0.142. The molecule has 1 aliphatic rings. The fourth-order valence-corrected chi connectivity index (χ4v) is 4.61. The number of ether oxygens (including phenoxy) is 1. The maximum Gasteiger partial charge on any atom is 0.347 e. The number of carboxylic acids is 1. The number of esters is 1. The van der Waals surface area contributed by atoms with Gasteiger partial charge < -0.3 is 19.8 Å². The van der Waals surface area contributed by atoms with Crippen LogP contribution >= 0.6 is 11.3 Å². The molecule has 2 aromatic heterocycles. The number of aromatic nitrogens is 3. The van der Waals surface area contributed by atoms with E-state index in [1.165, 1.54) is 0 Å². The lowest BCUT2D eigenvalue weighted by Crippen LogP contribution is -2.36. The molecule has 184 valence electrons. The van der Waals surface area contributed by atoms with Gasteiger partial charge in [-0.05, 0) is 32.3 Å². The number of hydrogen-bond donors (Lipinski definition) is 3. The van der Waals surface area contributed by atoms with Gasteiger partial charge in [0.15, 0.2) is 5.13 Å². The van der Waals surface area contributed by atoms with Crippen molar-refractivity contribution in [1.29, 1.82) is 0 Å². The Bertz CT molecular complexity index is 1210. The molecule has 4 rings (SSSR count). The normalized spacial score (nSPS) is 14.1. The SMILES string of the molecule is CCOC(=O)Cc1ccc(-c2cc(N3CCC(O)CC3)nc(Nc3nc(C)c(C(=O)O)s3)n2)cc1. The molecule has 0 saturated carbocycles. The van der Waals surface area contributed by atoms with Crippen LogP contribution in [0.4, 0.5) is 16.9 Å². The van der Waals surface area contributed by atoms with Crippen molar-refractivity contribution in [2.45, 2.75) is 39.2 Å². The molecule has 3 N–H and O–H groups in total. The summed E-state index contributed by atoms with van der Waals surface area (Å²) in [5, 5.41) is 22.7. The fraction of sp³-hybridized carbons (Fsp3) is 0.375. The molecular formula is C24H27N5O5S. The van der Waals surface area contributed by atoms with Crippen molar-refractivity contribution in [2.24, 2.45) is 0 Å². The van der Waals surface area contributed by atoms with Gasteiger partial charge in [0.2, 0.25) is 5.95 Å². The summed E-state index contributed by atoms with van der Waals surface area (Å²) in [5.74, 6) is -0.308. The summed E-state index contributed by atoms with van der Waals surface area (Å²) < 4.78 is 5.02. The second-order valence-corrected chi connectivity index (χ2v) is 9.19. The summed E-state index contributed by atoms with van der Waals surface area (Å²) in [6.45, 7) is 5.09. The summed E-state index contributed by atoms with van der Waals surface area (Å²) in [5.41, 5.74) is 2.76. The number of aromatic carboxylic acids is 1. The number of carbonyl (C=O) groups excluding carboxylic acids is 1. The minimum absolute atomic E-state index is 0.158. The minimum Gasteiger partial charge on any atom is -0.477 e. The number of aryl methyl sites for hydroxylation is 1. The minimum atomic E-state index is -1.03. The third-order valence-electron chi connectivity index (χ3n) is 5.61. The molecule has 0 atom stereocenters. The van der Waals surface area contributed by atoms with Crippen LogP contribution < -0.4 is 10.2 Å². The topological polar surface area (TPSA) is 138 Å². The summed E-state index contributed by atoms with van der Waals surface area (Å²) >= 11 is 1.03. The van der Waals surface area contributed by atoms with E-state index in [1.54, 1.807) is 13.8 Å². The van der Waals surface area contributed by atoms with Crippen LogP contribution in [0.3, 0.4) is 0 Å². The van der Waals surface area contributed by atoms with Gasteiger partial charge in [-0.1, -0.05) is 35.6 Å². The molecular weight excluding hydrogens is 470 g/mol. The van der Waals surface area contributed by atoms with Crippen LogP contribution in [0.5, 0.6) is 0 Å². The van der Waals surface area contributed by atoms with Crippen molar-refractivity contribution in [3.8, 4) is 11.3 Å². The van der Waals surface area contributed by atoms with E-state index in [9.17, 15) is 19.8 Å². The fourth-order valence-electron chi connectivity index (χ4n) is 3.81. The Morgan fingerprint density at radius 1 is 1.17 bits per heavy atom. The Hall–Kier alpha value is -3.57. The van der Waals surface area contributed by atoms with Crippen LogP contribution in [0.25, 0.3) is 11.3 Å². The number of aliphatic hydroxyl groups excluding tert-OH is 1. The second kappa shape index (κ2) is 10.8. The van der Waals surface area contributed by atoms with Gasteiger partial charge in [0.05, 0.1) is 30.5 Å². The molecule has 1 aliphatic heterocycles. The number of carboxylic acid groups (broad SMARTS) is 1. The zero-order valence-electron chi connectivity index (χ0n) is 19.5. The Morgan fingerprint density at radius 2 is 1.89 bits per heavy atom. The van der Waals surface area contributed by atoms with Gasteiger partial charge in [0, 0.05) is 24.7 Å². The van der Waals surface area contributed by atoms with Gasteiger partial charge in [0.25, 0.3) is 0 Å². The molecule has 0 unspecified atom stereocenters. The molecule has 3 heterocycles. The van der Waals surface area contributed by atoms with Crippen molar-refractivity contribution < 1.29 is 24.5 Å². The van der Waals surface area contributed by atoms with Gasteiger partial charge in [0.1, 0.15) is 10.7 Å². The highest BCUT2D eigenvalue weighted by atomic mass is 32.1. The first-order valence-electron chi connectivity index (χ1n) is 11.4. The monoisotopic (exact) mass is 497 g/mol. The summed E-state index contributed by atoms with van der Waals surface area (Å²) in [4.78, 5) is 39.0. The van der Waals surface area contributed by atoms with E-state index < -0.39 is 5.97 Å². The molecule has 1 fully saturated rings. The zero-order valence-corrected chi connectivity index (χ0v) is 20.3. The molecule has 1 saturated heterocycles. The zero-order chi connectivity index (χ0) is 24.9. The predicted octanol–water partition coefficient (Wildman–Crippen LogP) is 3.42. The van der Waals surface area contributed by atoms with Crippen LogP contribution in [0.15, 0.2) is 30.3 Å². The van der Waals surface area contributed by atoms with Crippen LogP contribution in [0.1, 0.15) is 40.7 Å². The Morgan fingerprint density at radius 3 is 2.51 bits per heavy atom. The number of thiazole rings is 1. The van der Waals surface area contributed by atoms with Crippen LogP contribution in [-0.2, 0) is 16.0 Å². The first-order valence-corrected chi connectivity index (χ1v) is 12.2. The van der Waals surface area contributed by atoms with E-state index in [-0.39, 0.29) is 23.4 Å². The first-order chi connectivity index (χ1) is 16.8. The molecule has 11 heteroatoms. The summed E-state index contributed by atoms with van der Waals surface area (Å²) in [7, 11) is 0. The van der Waals surface area contributed by atoms with Crippen molar-refractivity contribution in [2.75, 3.05) is 29.9 Å². The summed E-state index contributed by atoms with van der Waals surface area (Å²) in [6, 6.07) is 9.39. The smallest absolute Gasteiger partial charge is 0.347 e. The van der Waals surface area contributed by atoms with E-state index in [0.29, 0.717) is 60.8 Å². The van der Waals surface area contributed by atoms with E-state index >= 15 is 0 Å². The Labute approximate surface area is 206 Å². The number of nitrogens with zero attached hydrogens (tertiary/aromatic N) is 4. The molecule has 3 aromatic rings. The molecule has 0 bridgehead atoms. The van der Waals surface area contributed by atoms with E-state index in [0.717, 1.165) is 22.5 Å². The van der Waals surface area contributed by atoms with Gasteiger partial charge in [-0.3, -0.25) is 10.1 Å². The third kappa shape index (κ3) is 6.11. The Balaban J connectivity index is 1.64. The van der Waals surface area contributed by atoms with Crippen molar-refractivity contribution in [3.63, 3.8) is 0 Å². The van der Waals surface area contributed by atoms with Gasteiger partial charge in [-0.2, -0.15) is 4.98 Å². The molecule has 0 amide bonds. The maximum atomic E-state index is 11.8. The standard InChI is InChI=1S/C24H27N5O5S/c1-3-34-20(31)12-15-4-6-16(7-5-15)18-13-19(29-10-8-17(30)9-11-29)27-23(26-18)28-24-25-14(2)21(35-24)22(32)33/h4-7,13,17,30H,3,8-12H2,1-2H3,(H,32,33)(H,25,26,27,28). The van der Waals surface area contributed by atoms with Gasteiger partial charge >= 0.3 is 11.9 Å². The summed E-state index contributed by atoms with van der Waals surface area (Å²) in [6.07, 6.45) is 1.18. The van der Waals surface area contributed by atoms with E-state index in [2.05, 4.69) is 25.2 Å². The number of carbonyl (C=O) groups is 2. The van der Waals surface area contributed by atoms with E-state index in [1.807, 2.05) is 30.3 Å². The third-order valence-corrected chi connectivity index (χ3v) is 6.68. The van der Waals surface area contributed by atoms with Gasteiger partial charge in [-0.15, -0.1) is 0 Å². The predicted molar refractivity (Wildman–Crippen MR) is 132 cm³/mol. The number of rotatable bonds is 8. The highest BCUT2D eigenvalue weighted by Crippen LogP contribution is 2.29. The lowest BCUT2D eigenvalue weighted by Gasteiger charge is -2.30. The van der Waals surface area contributed by atoms with Crippen molar-refractivity contribution in [3.05, 3.63) is 46.5 Å². The number of hydrogen-bond acceptors (Lipinski definition) is 10. The Kier molecular flexibility index (Phi) is 7.57. The van der Waals surface area contributed by atoms with Crippen LogP contribution in [0, 0.1) is 6.92 Å². The highest BCUT2D eigenvalue weighted by Gasteiger charge is 2.21. The quantitative estimate of drug-likeness (QED) is 0.397. The number of nitrogens with one attached hydrogen (secondary N) is 1. The van der Waals surface area contributed by atoms with Crippen LogP contribution in [-0.4, -0.2) is 62.9 Å². The van der Waals surface area contributed by atoms with Crippen LogP contribution in [0.2, 0.25) is 0 Å². The van der Waals surface area contributed by atoms with Crippen molar-refractivity contribution >= 4 is 40.2 Å². The highest BCUT2D eigenvalue weighted by molar-refractivity contribution is 7.17. The number of benzene rings is 1. The molecule has 1 aromatic carbocycles. The average molecular weight is 498 g/mol. The van der Waals surface area contributed by atoms with Gasteiger partial charge in [-0.25, -0.2) is 14.8 Å². The molecule has 0 radical (unpaired) electrons. The second-order valence-electron chi connectivity index (χ2n) is 8.20. The molecule has 35 heavy (non-hydrogen) atoms. The molecule has 0 spiro atoms. The molecule has 10 nitrogen and oxygen atoms in total. The first kappa shape index (κ1) is 24.6. The largest absolute Gasteiger partial charge is 0.477 e.